The van der Waals surface area contributed by atoms with Gasteiger partial charge in [-0.25, -0.2) is 4.79 Å². The lowest BCUT2D eigenvalue weighted by atomic mass is 10.2. The van der Waals surface area contributed by atoms with E-state index in [0.29, 0.717) is 19.5 Å². The van der Waals surface area contributed by atoms with Crippen LogP contribution in [0.15, 0.2) is 41.8 Å². The van der Waals surface area contributed by atoms with Crippen LogP contribution < -0.4 is 20.3 Å². The van der Waals surface area contributed by atoms with Gasteiger partial charge in [-0.05, 0) is 35.7 Å². The van der Waals surface area contributed by atoms with Crippen molar-refractivity contribution in [3.63, 3.8) is 0 Å². The highest BCUT2D eigenvalue weighted by Crippen LogP contribution is 2.24. The maximum Gasteiger partial charge on any atom is 0.315 e. The van der Waals surface area contributed by atoms with Crippen LogP contribution in [0, 0.1) is 0 Å². The fourth-order valence-corrected chi connectivity index (χ4v) is 3.28. The fraction of sp³-hybridized carbons (Fsp3) is 0.294. The van der Waals surface area contributed by atoms with Crippen molar-refractivity contribution in [1.29, 1.82) is 0 Å². The monoisotopic (exact) mass is 345 g/mol. The number of hydrogen-bond acceptors (Lipinski definition) is 4. The van der Waals surface area contributed by atoms with Gasteiger partial charge in [-0.15, -0.1) is 11.3 Å². The molecule has 7 heteroatoms. The lowest BCUT2D eigenvalue weighted by Gasteiger charge is -2.17. The van der Waals surface area contributed by atoms with Crippen molar-refractivity contribution in [1.82, 2.24) is 10.6 Å². The van der Waals surface area contributed by atoms with Gasteiger partial charge in [-0.3, -0.25) is 4.79 Å². The molecule has 3 rings (SSSR count). The first-order valence-corrected chi connectivity index (χ1v) is 8.55. The molecule has 1 aliphatic heterocycles. The second-order valence-electron chi connectivity index (χ2n) is 5.51. The molecule has 1 saturated heterocycles. The number of nitrogens with zero attached hydrogens (tertiary/aromatic N) is 1. The highest BCUT2D eigenvalue weighted by molar-refractivity contribution is 7.09. The molecule has 6 nitrogen and oxygen atoms in total. The SMILES string of the molecule is COc1ccc(N2CC(NC(=O)NCc3cccs3)CC2=O)cc1. The standard InChI is InChI=1S/C17H19N3O3S/c1-23-14-6-4-13(5-7-14)20-11-12(9-16(20)21)19-17(22)18-10-15-3-2-8-24-15/h2-8,12H,9-11H2,1H3,(H2,18,19,22). The summed E-state index contributed by atoms with van der Waals surface area (Å²) >= 11 is 1.59. The zero-order chi connectivity index (χ0) is 16.9. The van der Waals surface area contributed by atoms with E-state index in [-0.39, 0.29) is 18.0 Å². The van der Waals surface area contributed by atoms with E-state index in [1.54, 1.807) is 23.3 Å². The van der Waals surface area contributed by atoms with Gasteiger partial charge < -0.3 is 20.3 Å². The van der Waals surface area contributed by atoms with Gasteiger partial charge in [-0.1, -0.05) is 6.07 Å². The van der Waals surface area contributed by atoms with Gasteiger partial charge in [-0.2, -0.15) is 0 Å². The molecule has 3 amide bonds. The number of carbonyl (C=O) groups excluding carboxylic acids is 2. The summed E-state index contributed by atoms with van der Waals surface area (Å²) in [6.45, 7) is 0.962. The summed E-state index contributed by atoms with van der Waals surface area (Å²) in [6, 6.07) is 10.8. The van der Waals surface area contributed by atoms with Gasteiger partial charge in [0.1, 0.15) is 5.75 Å². The molecule has 1 aromatic heterocycles. The number of carbonyl (C=O) groups is 2. The van der Waals surface area contributed by atoms with Crippen LogP contribution in [0.25, 0.3) is 0 Å². The fourth-order valence-electron chi connectivity index (χ4n) is 2.63. The van der Waals surface area contributed by atoms with E-state index in [1.807, 2.05) is 41.8 Å². The van der Waals surface area contributed by atoms with Gasteiger partial charge in [0.2, 0.25) is 5.91 Å². The number of hydrogen-bond donors (Lipinski definition) is 2. The molecule has 2 N–H and O–H groups in total. The Bertz CT molecular complexity index is 700. The van der Waals surface area contributed by atoms with E-state index >= 15 is 0 Å². The Kier molecular flexibility index (Phi) is 5.00. The first-order valence-electron chi connectivity index (χ1n) is 7.67. The smallest absolute Gasteiger partial charge is 0.315 e. The minimum Gasteiger partial charge on any atom is -0.497 e. The van der Waals surface area contributed by atoms with Crippen molar-refractivity contribution in [2.45, 2.75) is 19.0 Å². The molecule has 0 aliphatic carbocycles. The van der Waals surface area contributed by atoms with Crippen molar-refractivity contribution in [2.75, 3.05) is 18.6 Å². The first-order chi connectivity index (χ1) is 11.7. The normalized spacial score (nSPS) is 17.0. The minimum atomic E-state index is -0.252. The number of nitrogens with one attached hydrogen (secondary N) is 2. The predicted octanol–water partition coefficient (Wildman–Crippen LogP) is 2.36. The van der Waals surface area contributed by atoms with Crippen molar-refractivity contribution < 1.29 is 14.3 Å². The summed E-state index contributed by atoms with van der Waals surface area (Å²) in [5, 5.41) is 7.64. The largest absolute Gasteiger partial charge is 0.497 e. The van der Waals surface area contributed by atoms with Crippen LogP contribution in [0.5, 0.6) is 5.75 Å². The summed E-state index contributed by atoms with van der Waals surface area (Å²) in [7, 11) is 1.60. The number of anilines is 1. The molecule has 0 saturated carbocycles. The molecular weight excluding hydrogens is 326 g/mol. The molecular formula is C17H19N3O3S. The van der Waals surface area contributed by atoms with Crippen LogP contribution in [0.3, 0.4) is 0 Å². The maximum atomic E-state index is 12.2. The highest BCUT2D eigenvalue weighted by atomic mass is 32.1. The molecule has 0 bridgehead atoms. The predicted molar refractivity (Wildman–Crippen MR) is 93.4 cm³/mol. The Morgan fingerprint density at radius 1 is 1.33 bits per heavy atom. The summed E-state index contributed by atoms with van der Waals surface area (Å²) in [6.07, 6.45) is 0.304. The molecule has 0 radical (unpaired) electrons. The summed E-state index contributed by atoms with van der Waals surface area (Å²) in [5.74, 6) is 0.747. The Morgan fingerprint density at radius 3 is 2.79 bits per heavy atom. The topological polar surface area (TPSA) is 70.7 Å². The molecule has 1 fully saturated rings. The van der Waals surface area contributed by atoms with Crippen LogP contribution in [0.2, 0.25) is 0 Å². The Labute approximate surface area is 144 Å². The Morgan fingerprint density at radius 2 is 2.12 bits per heavy atom. The third-order valence-electron chi connectivity index (χ3n) is 3.85. The van der Waals surface area contributed by atoms with Gasteiger partial charge in [0, 0.05) is 23.5 Å². The van der Waals surface area contributed by atoms with E-state index in [0.717, 1.165) is 16.3 Å². The second kappa shape index (κ2) is 7.35. The van der Waals surface area contributed by atoms with E-state index in [1.165, 1.54) is 0 Å². The number of amides is 3. The van der Waals surface area contributed by atoms with Crippen LogP contribution in [-0.4, -0.2) is 31.6 Å². The number of ether oxygens (including phenoxy) is 1. The zero-order valence-electron chi connectivity index (χ0n) is 13.3. The molecule has 1 aliphatic rings. The second-order valence-corrected chi connectivity index (χ2v) is 6.54. The van der Waals surface area contributed by atoms with Gasteiger partial charge in [0.05, 0.1) is 19.7 Å². The number of urea groups is 1. The number of benzene rings is 1. The third-order valence-corrected chi connectivity index (χ3v) is 4.72. The van der Waals surface area contributed by atoms with E-state index < -0.39 is 0 Å². The molecule has 126 valence electrons. The lowest BCUT2D eigenvalue weighted by molar-refractivity contribution is -0.117. The van der Waals surface area contributed by atoms with Gasteiger partial charge in [0.15, 0.2) is 0 Å². The van der Waals surface area contributed by atoms with E-state index in [2.05, 4.69) is 10.6 Å². The van der Waals surface area contributed by atoms with Crippen molar-refractivity contribution >= 4 is 29.0 Å². The molecule has 2 heterocycles. The van der Waals surface area contributed by atoms with E-state index in [9.17, 15) is 9.59 Å². The van der Waals surface area contributed by atoms with Gasteiger partial charge in [0.25, 0.3) is 0 Å². The number of methoxy groups -OCH3 is 1. The van der Waals surface area contributed by atoms with Crippen LogP contribution in [-0.2, 0) is 11.3 Å². The zero-order valence-corrected chi connectivity index (χ0v) is 14.1. The molecule has 1 aromatic carbocycles. The Balaban J connectivity index is 1.53. The van der Waals surface area contributed by atoms with Crippen molar-refractivity contribution in [3.05, 3.63) is 46.7 Å². The van der Waals surface area contributed by atoms with Crippen molar-refractivity contribution in [3.8, 4) is 5.75 Å². The van der Waals surface area contributed by atoms with Crippen LogP contribution >= 0.6 is 11.3 Å². The summed E-state index contributed by atoms with van der Waals surface area (Å²) in [4.78, 5) is 26.9. The number of rotatable bonds is 5. The molecule has 24 heavy (non-hydrogen) atoms. The lowest BCUT2D eigenvalue weighted by Crippen LogP contribution is -2.43. The third kappa shape index (κ3) is 3.86. The molecule has 1 atom stereocenters. The number of thiophene rings is 1. The average molecular weight is 345 g/mol. The van der Waals surface area contributed by atoms with Crippen LogP contribution in [0.1, 0.15) is 11.3 Å². The summed E-state index contributed by atoms with van der Waals surface area (Å²) < 4.78 is 5.12. The Hall–Kier alpha value is -2.54. The minimum absolute atomic E-state index is 0.00345. The average Bonchev–Trinajstić information content (AvgIpc) is 3.23. The van der Waals surface area contributed by atoms with Crippen LogP contribution in [0.4, 0.5) is 10.5 Å². The van der Waals surface area contributed by atoms with Crippen molar-refractivity contribution in [2.24, 2.45) is 0 Å². The first kappa shape index (κ1) is 16.3. The molecule has 1 unspecified atom stereocenters. The molecule has 2 aromatic rings. The summed E-state index contributed by atoms with van der Waals surface area (Å²) in [5.41, 5.74) is 0.809. The quantitative estimate of drug-likeness (QED) is 0.874. The maximum absolute atomic E-state index is 12.2. The highest BCUT2D eigenvalue weighted by Gasteiger charge is 2.31. The van der Waals surface area contributed by atoms with Gasteiger partial charge >= 0.3 is 6.03 Å². The molecule has 0 spiro atoms. The van der Waals surface area contributed by atoms with E-state index in [4.69, 9.17) is 4.74 Å².